The van der Waals surface area contributed by atoms with E-state index in [-0.39, 0.29) is 0 Å². The van der Waals surface area contributed by atoms with Gasteiger partial charge in [0.25, 0.3) is 0 Å². The first-order chi connectivity index (χ1) is 7.45. The lowest BCUT2D eigenvalue weighted by Gasteiger charge is -2.21. The average Bonchev–Trinajstić information content (AvgIpc) is 2.32. The minimum atomic E-state index is 0.877. The van der Waals surface area contributed by atoms with Crippen molar-refractivity contribution in [3.63, 3.8) is 0 Å². The summed E-state index contributed by atoms with van der Waals surface area (Å²) in [5.41, 5.74) is 1.10. The molecule has 0 unspecified atom stereocenters. The zero-order valence-electron chi connectivity index (χ0n) is 8.83. The van der Waals surface area contributed by atoms with Crippen molar-refractivity contribution in [2.75, 3.05) is 32.8 Å². The van der Waals surface area contributed by atoms with E-state index in [0.29, 0.717) is 0 Å². The standard InChI is InChI=1S/C13H15NO/c1-2-5-13(6-3-1)7-4-8-14-9-11-15-12-10-14/h1-3,5-6H,8-12H2/p+1. The molecule has 1 aromatic carbocycles. The first kappa shape index (κ1) is 10.2. The zero-order chi connectivity index (χ0) is 10.3. The van der Waals surface area contributed by atoms with Gasteiger partial charge < -0.3 is 9.64 Å². The summed E-state index contributed by atoms with van der Waals surface area (Å²) >= 11 is 0. The van der Waals surface area contributed by atoms with Gasteiger partial charge >= 0.3 is 0 Å². The van der Waals surface area contributed by atoms with Gasteiger partial charge in [-0.3, -0.25) is 0 Å². The van der Waals surface area contributed by atoms with Crippen LogP contribution in [0.1, 0.15) is 5.56 Å². The van der Waals surface area contributed by atoms with Crippen LogP contribution in [-0.4, -0.2) is 32.8 Å². The third-order valence-corrected chi connectivity index (χ3v) is 2.54. The molecule has 2 heteroatoms. The van der Waals surface area contributed by atoms with E-state index in [2.05, 4.69) is 11.8 Å². The molecule has 15 heavy (non-hydrogen) atoms. The van der Waals surface area contributed by atoms with Gasteiger partial charge in [0.1, 0.15) is 19.6 Å². The normalized spacial score (nSPS) is 16.8. The van der Waals surface area contributed by atoms with Crippen LogP contribution in [0.25, 0.3) is 0 Å². The first-order valence-electron chi connectivity index (χ1n) is 5.40. The predicted molar refractivity (Wildman–Crippen MR) is 59.7 cm³/mol. The molecule has 1 fully saturated rings. The van der Waals surface area contributed by atoms with Crippen molar-refractivity contribution >= 4 is 0 Å². The molecule has 0 radical (unpaired) electrons. The minimum Gasteiger partial charge on any atom is -0.370 e. The molecule has 1 heterocycles. The molecule has 1 saturated heterocycles. The fourth-order valence-electron chi connectivity index (χ4n) is 1.63. The average molecular weight is 202 g/mol. The van der Waals surface area contributed by atoms with Crippen LogP contribution in [0.5, 0.6) is 0 Å². The van der Waals surface area contributed by atoms with Crippen LogP contribution in [0, 0.1) is 11.8 Å². The van der Waals surface area contributed by atoms with Crippen LogP contribution in [-0.2, 0) is 4.74 Å². The van der Waals surface area contributed by atoms with E-state index in [0.717, 1.165) is 38.4 Å². The Hall–Kier alpha value is -1.30. The van der Waals surface area contributed by atoms with Crippen molar-refractivity contribution in [2.24, 2.45) is 0 Å². The van der Waals surface area contributed by atoms with Gasteiger partial charge in [0, 0.05) is 5.56 Å². The summed E-state index contributed by atoms with van der Waals surface area (Å²) in [6.45, 7) is 4.86. The second-order valence-electron chi connectivity index (χ2n) is 3.71. The maximum absolute atomic E-state index is 5.30. The Labute approximate surface area is 90.9 Å². The van der Waals surface area contributed by atoms with Crippen LogP contribution < -0.4 is 4.90 Å². The summed E-state index contributed by atoms with van der Waals surface area (Å²) < 4.78 is 5.30. The summed E-state index contributed by atoms with van der Waals surface area (Å²) in [5.74, 6) is 6.41. The van der Waals surface area contributed by atoms with Gasteiger partial charge in [0.2, 0.25) is 0 Å². The highest BCUT2D eigenvalue weighted by molar-refractivity contribution is 5.33. The number of rotatable bonds is 1. The lowest BCUT2D eigenvalue weighted by Crippen LogP contribution is -3.14. The first-order valence-corrected chi connectivity index (χ1v) is 5.40. The SMILES string of the molecule is C(#Cc1ccccc1)C[NH+]1CCOCC1. The molecule has 1 N–H and O–H groups in total. The molecule has 0 bridgehead atoms. The Morgan fingerprint density at radius 2 is 1.87 bits per heavy atom. The highest BCUT2D eigenvalue weighted by atomic mass is 16.5. The van der Waals surface area contributed by atoms with Crippen molar-refractivity contribution < 1.29 is 9.64 Å². The second kappa shape index (κ2) is 5.55. The highest BCUT2D eigenvalue weighted by Gasteiger charge is 2.11. The van der Waals surface area contributed by atoms with Gasteiger partial charge in [0.15, 0.2) is 0 Å². The number of nitrogens with one attached hydrogen (secondary N) is 1. The van der Waals surface area contributed by atoms with Crippen LogP contribution in [0.15, 0.2) is 30.3 Å². The predicted octanol–water partition coefficient (Wildman–Crippen LogP) is -0.0468. The Morgan fingerprint density at radius 3 is 2.60 bits per heavy atom. The van der Waals surface area contributed by atoms with Crippen molar-refractivity contribution in [3.8, 4) is 11.8 Å². The van der Waals surface area contributed by atoms with E-state index in [1.807, 2.05) is 30.3 Å². The maximum atomic E-state index is 5.30. The summed E-state index contributed by atoms with van der Waals surface area (Å²) in [5, 5.41) is 0. The third-order valence-electron chi connectivity index (χ3n) is 2.54. The van der Waals surface area contributed by atoms with E-state index in [1.165, 1.54) is 4.90 Å². The Balaban J connectivity index is 1.84. The van der Waals surface area contributed by atoms with Crippen molar-refractivity contribution in [1.29, 1.82) is 0 Å². The molecule has 1 aromatic rings. The van der Waals surface area contributed by atoms with Gasteiger partial charge in [-0.25, -0.2) is 0 Å². The maximum Gasteiger partial charge on any atom is 0.139 e. The molecule has 0 aliphatic carbocycles. The topological polar surface area (TPSA) is 13.7 Å². The molecule has 0 spiro atoms. The molecule has 0 saturated carbocycles. The van der Waals surface area contributed by atoms with Gasteiger partial charge in [-0.15, -0.1) is 0 Å². The summed E-state index contributed by atoms with van der Waals surface area (Å²) in [4.78, 5) is 1.53. The number of hydrogen-bond donors (Lipinski definition) is 1. The van der Waals surface area contributed by atoms with E-state index < -0.39 is 0 Å². The summed E-state index contributed by atoms with van der Waals surface area (Å²) in [6, 6.07) is 10.1. The molecular formula is C13H16NO+. The second-order valence-corrected chi connectivity index (χ2v) is 3.71. The Bertz CT molecular complexity index is 344. The molecule has 1 aliphatic rings. The van der Waals surface area contributed by atoms with E-state index >= 15 is 0 Å². The highest BCUT2D eigenvalue weighted by Crippen LogP contribution is 1.93. The fraction of sp³-hybridized carbons (Fsp3) is 0.385. The quantitative estimate of drug-likeness (QED) is 0.631. The smallest absolute Gasteiger partial charge is 0.139 e. The number of hydrogen-bond acceptors (Lipinski definition) is 1. The summed E-state index contributed by atoms with van der Waals surface area (Å²) in [6.07, 6.45) is 0. The van der Waals surface area contributed by atoms with Gasteiger partial charge in [-0.05, 0) is 18.1 Å². The lowest BCUT2D eigenvalue weighted by molar-refractivity contribution is -0.900. The zero-order valence-corrected chi connectivity index (χ0v) is 8.83. The van der Waals surface area contributed by atoms with E-state index in [1.54, 1.807) is 0 Å². The lowest BCUT2D eigenvalue weighted by atomic mass is 10.2. The Kier molecular flexibility index (Phi) is 3.78. The van der Waals surface area contributed by atoms with Crippen molar-refractivity contribution in [1.82, 2.24) is 0 Å². The molecule has 78 valence electrons. The molecule has 0 aromatic heterocycles. The van der Waals surface area contributed by atoms with Crippen molar-refractivity contribution in [2.45, 2.75) is 0 Å². The molecule has 1 aliphatic heterocycles. The van der Waals surface area contributed by atoms with Crippen LogP contribution >= 0.6 is 0 Å². The Morgan fingerprint density at radius 1 is 1.13 bits per heavy atom. The number of benzene rings is 1. The summed E-state index contributed by atoms with van der Waals surface area (Å²) in [7, 11) is 0. The van der Waals surface area contributed by atoms with E-state index in [4.69, 9.17) is 4.74 Å². The van der Waals surface area contributed by atoms with Gasteiger partial charge in [-0.2, -0.15) is 0 Å². The van der Waals surface area contributed by atoms with Gasteiger partial charge in [-0.1, -0.05) is 24.1 Å². The molecule has 0 atom stereocenters. The number of ether oxygens (including phenoxy) is 1. The largest absolute Gasteiger partial charge is 0.370 e. The van der Waals surface area contributed by atoms with Crippen LogP contribution in [0.4, 0.5) is 0 Å². The molecule has 2 nitrogen and oxygen atoms in total. The van der Waals surface area contributed by atoms with Crippen LogP contribution in [0.3, 0.4) is 0 Å². The number of quaternary nitrogens is 1. The minimum absolute atomic E-state index is 0.877. The fourth-order valence-corrected chi connectivity index (χ4v) is 1.63. The third kappa shape index (κ3) is 3.39. The number of morpholine rings is 1. The van der Waals surface area contributed by atoms with Gasteiger partial charge in [0.05, 0.1) is 13.2 Å². The van der Waals surface area contributed by atoms with Crippen molar-refractivity contribution in [3.05, 3.63) is 35.9 Å². The molecule has 0 amide bonds. The molecule has 2 rings (SSSR count). The van der Waals surface area contributed by atoms with E-state index in [9.17, 15) is 0 Å². The molecular weight excluding hydrogens is 186 g/mol. The monoisotopic (exact) mass is 202 g/mol. The van der Waals surface area contributed by atoms with Crippen LogP contribution in [0.2, 0.25) is 0 Å².